The molecule has 0 spiro atoms. The van der Waals surface area contributed by atoms with Crippen molar-refractivity contribution >= 4 is 23.5 Å². The highest BCUT2D eigenvalue weighted by molar-refractivity contribution is 6.25. The zero-order valence-electron chi connectivity index (χ0n) is 18.5. The average Bonchev–Trinajstić information content (AvgIpc) is 3.27. The lowest BCUT2D eigenvalue weighted by atomic mass is 10.1. The molecular weight excluding hydrogens is 526 g/mol. The number of halogens is 6. The van der Waals surface area contributed by atoms with Crippen molar-refractivity contribution < 1.29 is 59.7 Å². The lowest BCUT2D eigenvalue weighted by Crippen LogP contribution is -2.14. The van der Waals surface area contributed by atoms with Gasteiger partial charge in [0.15, 0.2) is 11.6 Å². The smallest absolute Gasteiger partial charge is 0.423 e. The summed E-state index contributed by atoms with van der Waals surface area (Å²) in [5, 5.41) is 0. The Morgan fingerprint density at radius 2 is 1.18 bits per heavy atom. The molecule has 2 aliphatic rings. The highest BCUT2D eigenvalue weighted by atomic mass is 19.4. The number of rotatable bonds is 4. The van der Waals surface area contributed by atoms with Crippen molar-refractivity contribution in [1.82, 2.24) is 0 Å². The zero-order valence-corrected chi connectivity index (χ0v) is 18.5. The van der Waals surface area contributed by atoms with E-state index in [0.717, 1.165) is 24.3 Å². The van der Waals surface area contributed by atoms with Crippen LogP contribution in [0.1, 0.15) is 59.0 Å². The van der Waals surface area contributed by atoms with Gasteiger partial charge in [0, 0.05) is 5.56 Å². The lowest BCUT2D eigenvalue weighted by Gasteiger charge is -2.21. The Balaban J connectivity index is 1.71. The topological polar surface area (TPSA) is 96.0 Å². The summed E-state index contributed by atoms with van der Waals surface area (Å²) in [5.74, 6) is -7.80. The summed E-state index contributed by atoms with van der Waals surface area (Å²) in [5.41, 5.74) is -4.87. The number of ketones is 2. The molecule has 13 heteroatoms. The molecule has 0 aromatic heterocycles. The minimum atomic E-state index is -5.37. The van der Waals surface area contributed by atoms with Crippen LogP contribution in [-0.2, 0) is 17.1 Å². The minimum Gasteiger partial charge on any atom is -0.456 e. The van der Waals surface area contributed by atoms with Gasteiger partial charge < -0.3 is 14.2 Å². The molecule has 0 bridgehead atoms. The predicted molar refractivity (Wildman–Crippen MR) is 113 cm³/mol. The minimum absolute atomic E-state index is 0.0568. The highest BCUT2D eigenvalue weighted by Crippen LogP contribution is 2.49. The maximum absolute atomic E-state index is 14.3. The summed E-state index contributed by atoms with van der Waals surface area (Å²) in [6, 6.07) is 6.80. The van der Waals surface area contributed by atoms with Crippen molar-refractivity contribution in [1.29, 1.82) is 0 Å². The molecule has 3 aromatic rings. The molecule has 7 nitrogen and oxygen atoms in total. The van der Waals surface area contributed by atoms with Gasteiger partial charge in [0.1, 0.15) is 34.1 Å². The van der Waals surface area contributed by atoms with Gasteiger partial charge in [-0.05, 0) is 30.3 Å². The summed E-state index contributed by atoms with van der Waals surface area (Å²) in [4.78, 5) is 48.1. The number of Topliss-reactive ketones (excluding diaryl/α,β-unsaturated/α-hetero) is 2. The Bertz CT molecular complexity index is 1470. The lowest BCUT2D eigenvalue weighted by molar-refractivity contribution is -0.143. The van der Waals surface area contributed by atoms with Gasteiger partial charge in [-0.2, -0.15) is 26.3 Å². The van der Waals surface area contributed by atoms with Gasteiger partial charge in [-0.25, -0.2) is 9.59 Å². The molecule has 38 heavy (non-hydrogen) atoms. The standard InChI is InChI=1S/C25H10F6O7/c26-24(27,28)10-7-17(36-15-5-1-3-11-13(32)9-14(33)19(11)15)21(25(29,30)31)18(8-10)37-16-6-2-4-12-20(16)23(35)38-22(12)34/h1-8H,9H2. The van der Waals surface area contributed by atoms with E-state index in [1.807, 2.05) is 0 Å². The van der Waals surface area contributed by atoms with E-state index in [9.17, 15) is 45.5 Å². The number of alkyl halides is 6. The maximum Gasteiger partial charge on any atom is 0.423 e. The number of ether oxygens (including phenoxy) is 3. The van der Waals surface area contributed by atoms with E-state index in [0.29, 0.717) is 0 Å². The maximum atomic E-state index is 14.3. The van der Waals surface area contributed by atoms with E-state index < -0.39 is 82.0 Å². The summed E-state index contributed by atoms with van der Waals surface area (Å²) >= 11 is 0. The number of carbonyl (C=O) groups excluding carboxylic acids is 4. The second-order valence-corrected chi connectivity index (χ2v) is 8.10. The van der Waals surface area contributed by atoms with Gasteiger partial charge in [-0.1, -0.05) is 18.2 Å². The third kappa shape index (κ3) is 4.15. The third-order valence-corrected chi connectivity index (χ3v) is 5.68. The molecule has 5 rings (SSSR count). The second kappa shape index (κ2) is 8.43. The molecule has 0 saturated carbocycles. The Hall–Kier alpha value is -4.68. The first-order valence-corrected chi connectivity index (χ1v) is 10.5. The third-order valence-electron chi connectivity index (χ3n) is 5.68. The molecule has 1 aliphatic carbocycles. The fourth-order valence-corrected chi connectivity index (χ4v) is 4.08. The predicted octanol–water partition coefficient (Wildman–Crippen LogP) is 6.39. The number of benzene rings is 3. The number of cyclic esters (lactones) is 2. The molecule has 1 heterocycles. The van der Waals surface area contributed by atoms with Crippen molar-refractivity contribution in [3.8, 4) is 23.0 Å². The summed E-state index contributed by atoms with van der Waals surface area (Å²) in [6.07, 6.45) is -11.1. The van der Waals surface area contributed by atoms with Crippen molar-refractivity contribution in [3.05, 3.63) is 81.9 Å². The van der Waals surface area contributed by atoms with Crippen LogP contribution in [-0.4, -0.2) is 23.5 Å². The average molecular weight is 536 g/mol. The number of fused-ring (bicyclic) bond motifs is 2. The van der Waals surface area contributed by atoms with Crippen LogP contribution in [0, 0.1) is 0 Å². The SMILES string of the molecule is O=C1CC(=O)c2c(Oc3cc(C(F)(F)F)cc(Oc4cccc5c4C(=O)OC5=O)c3C(F)(F)F)cccc21. The van der Waals surface area contributed by atoms with Crippen LogP contribution in [0.2, 0.25) is 0 Å². The fraction of sp³-hybridized carbons (Fsp3) is 0.120. The first kappa shape index (κ1) is 25.0. The molecule has 0 unspecified atom stereocenters. The van der Waals surface area contributed by atoms with Crippen molar-refractivity contribution in [2.75, 3.05) is 0 Å². The summed E-state index contributed by atoms with van der Waals surface area (Å²) in [6.45, 7) is 0. The molecule has 3 aromatic carbocycles. The van der Waals surface area contributed by atoms with Gasteiger partial charge in [-0.3, -0.25) is 9.59 Å². The van der Waals surface area contributed by atoms with E-state index in [1.54, 1.807) is 0 Å². The number of esters is 2. The van der Waals surface area contributed by atoms with Crippen molar-refractivity contribution in [3.63, 3.8) is 0 Å². The quantitative estimate of drug-likeness (QED) is 0.217. The molecular formula is C25H10F6O7. The van der Waals surface area contributed by atoms with E-state index >= 15 is 0 Å². The molecule has 194 valence electrons. The van der Waals surface area contributed by atoms with Crippen LogP contribution < -0.4 is 9.47 Å². The van der Waals surface area contributed by atoms with E-state index in [2.05, 4.69) is 4.74 Å². The Labute approximate surface area is 207 Å². The molecule has 0 saturated heterocycles. The van der Waals surface area contributed by atoms with Crippen LogP contribution in [0.15, 0.2) is 48.5 Å². The number of hydrogen-bond donors (Lipinski definition) is 0. The fourth-order valence-electron chi connectivity index (χ4n) is 4.08. The van der Waals surface area contributed by atoms with Crippen LogP contribution in [0.5, 0.6) is 23.0 Å². The number of hydrogen-bond acceptors (Lipinski definition) is 7. The van der Waals surface area contributed by atoms with Crippen molar-refractivity contribution in [2.45, 2.75) is 18.8 Å². The molecule has 0 fully saturated rings. The Morgan fingerprint density at radius 3 is 1.74 bits per heavy atom. The monoisotopic (exact) mass is 536 g/mol. The van der Waals surface area contributed by atoms with Crippen LogP contribution in [0.25, 0.3) is 0 Å². The first-order valence-electron chi connectivity index (χ1n) is 10.5. The highest BCUT2D eigenvalue weighted by Gasteiger charge is 2.43. The van der Waals surface area contributed by atoms with Crippen LogP contribution in [0.3, 0.4) is 0 Å². The summed E-state index contributed by atoms with van der Waals surface area (Å²) < 4.78 is 98.7. The van der Waals surface area contributed by atoms with Crippen molar-refractivity contribution in [2.24, 2.45) is 0 Å². The first-order chi connectivity index (χ1) is 17.8. The van der Waals surface area contributed by atoms with E-state index in [4.69, 9.17) is 9.47 Å². The van der Waals surface area contributed by atoms with Crippen LogP contribution in [0.4, 0.5) is 26.3 Å². The Kier molecular flexibility index (Phi) is 5.54. The zero-order chi connectivity index (χ0) is 27.6. The Morgan fingerprint density at radius 1 is 0.632 bits per heavy atom. The normalized spacial score (nSPS) is 14.9. The van der Waals surface area contributed by atoms with E-state index in [-0.39, 0.29) is 28.8 Å². The van der Waals surface area contributed by atoms with Gasteiger partial charge in [0.25, 0.3) is 0 Å². The van der Waals surface area contributed by atoms with Gasteiger partial charge in [0.05, 0.1) is 23.1 Å². The van der Waals surface area contributed by atoms with Crippen LogP contribution >= 0.6 is 0 Å². The van der Waals surface area contributed by atoms with Gasteiger partial charge in [-0.15, -0.1) is 0 Å². The van der Waals surface area contributed by atoms with Gasteiger partial charge >= 0.3 is 24.3 Å². The second-order valence-electron chi connectivity index (χ2n) is 8.10. The molecule has 0 radical (unpaired) electrons. The molecule has 0 atom stereocenters. The number of carbonyl (C=O) groups is 4. The molecule has 1 aliphatic heterocycles. The summed E-state index contributed by atoms with van der Waals surface area (Å²) in [7, 11) is 0. The van der Waals surface area contributed by atoms with Gasteiger partial charge in [0.2, 0.25) is 0 Å². The molecule has 0 amide bonds. The molecule has 0 N–H and O–H groups in total. The van der Waals surface area contributed by atoms with E-state index in [1.165, 1.54) is 12.1 Å². The largest absolute Gasteiger partial charge is 0.456 e.